The molecule has 0 aromatic carbocycles. The highest BCUT2D eigenvalue weighted by Gasteiger charge is 2.19. The van der Waals surface area contributed by atoms with Crippen molar-refractivity contribution in [3.8, 4) is 0 Å². The van der Waals surface area contributed by atoms with Crippen LogP contribution in [0, 0.1) is 0 Å². The second kappa shape index (κ2) is 4.64. The average Bonchev–Trinajstić information content (AvgIpc) is 2.47. The Morgan fingerprint density at radius 3 is 2.64 bits per heavy atom. The number of nitrogens with zero attached hydrogens (tertiary/aromatic N) is 1. The van der Waals surface area contributed by atoms with Gasteiger partial charge in [-0.3, -0.25) is 0 Å². The van der Waals surface area contributed by atoms with Gasteiger partial charge in [-0.25, -0.2) is 4.98 Å². The van der Waals surface area contributed by atoms with E-state index in [1.54, 1.807) is 31.4 Å². The normalized spacial score (nSPS) is 12.4. The quantitative estimate of drug-likeness (QED) is 0.864. The van der Waals surface area contributed by atoms with Gasteiger partial charge in [-0.1, -0.05) is 13.8 Å². The van der Waals surface area contributed by atoms with Crippen LogP contribution in [-0.4, -0.2) is 15.3 Å². The van der Waals surface area contributed by atoms with Crippen molar-refractivity contribution in [3.05, 3.63) is 16.1 Å². The van der Waals surface area contributed by atoms with Gasteiger partial charge in [0.15, 0.2) is 0 Å². The molecular formula is C10H17NOS2. The zero-order valence-corrected chi connectivity index (χ0v) is 10.7. The molecule has 0 saturated heterocycles. The topological polar surface area (TPSA) is 33.1 Å². The maximum atomic E-state index is 9.74. The van der Waals surface area contributed by atoms with E-state index in [0.29, 0.717) is 5.25 Å². The van der Waals surface area contributed by atoms with E-state index in [9.17, 15) is 5.11 Å². The number of thioether (sulfide) groups is 1. The zero-order valence-electron chi connectivity index (χ0n) is 9.07. The third-order valence-corrected chi connectivity index (χ3v) is 4.30. The molecule has 0 atom stereocenters. The van der Waals surface area contributed by atoms with E-state index in [4.69, 9.17) is 0 Å². The molecule has 0 spiro atoms. The number of hydrogen-bond donors (Lipinski definition) is 1. The van der Waals surface area contributed by atoms with E-state index in [1.807, 2.05) is 11.8 Å². The smallest absolute Gasteiger partial charge is 0.103 e. The summed E-state index contributed by atoms with van der Waals surface area (Å²) in [7, 11) is 0. The van der Waals surface area contributed by atoms with Gasteiger partial charge in [0.2, 0.25) is 0 Å². The van der Waals surface area contributed by atoms with E-state index >= 15 is 0 Å². The first-order chi connectivity index (χ1) is 6.39. The van der Waals surface area contributed by atoms with Crippen molar-refractivity contribution in [1.82, 2.24) is 4.98 Å². The van der Waals surface area contributed by atoms with Crippen molar-refractivity contribution in [1.29, 1.82) is 0 Å². The number of hydrogen-bond acceptors (Lipinski definition) is 4. The van der Waals surface area contributed by atoms with Gasteiger partial charge in [-0.2, -0.15) is 11.8 Å². The van der Waals surface area contributed by atoms with Crippen LogP contribution in [0.1, 0.15) is 37.6 Å². The Bertz CT molecular complexity index is 289. The van der Waals surface area contributed by atoms with Crippen molar-refractivity contribution >= 4 is 23.1 Å². The largest absolute Gasteiger partial charge is 0.385 e. The average molecular weight is 231 g/mol. The molecule has 0 fully saturated rings. The van der Waals surface area contributed by atoms with Crippen molar-refractivity contribution in [2.24, 2.45) is 0 Å². The molecular weight excluding hydrogens is 214 g/mol. The molecule has 0 aliphatic rings. The molecule has 0 aliphatic heterocycles. The second-order valence-corrected chi connectivity index (χ2v) is 6.72. The summed E-state index contributed by atoms with van der Waals surface area (Å²) < 4.78 is 0. The lowest BCUT2D eigenvalue weighted by Crippen LogP contribution is -2.12. The molecule has 0 saturated carbocycles. The maximum Gasteiger partial charge on any atom is 0.103 e. The van der Waals surface area contributed by atoms with Crippen molar-refractivity contribution in [2.75, 3.05) is 0 Å². The minimum absolute atomic E-state index is 0.629. The van der Waals surface area contributed by atoms with Gasteiger partial charge in [-0.15, -0.1) is 11.3 Å². The highest BCUT2D eigenvalue weighted by Crippen LogP contribution is 2.28. The molecule has 1 N–H and O–H groups in total. The monoisotopic (exact) mass is 231 g/mol. The van der Waals surface area contributed by atoms with Crippen LogP contribution in [0.4, 0.5) is 0 Å². The second-order valence-electron chi connectivity index (χ2n) is 4.04. The summed E-state index contributed by atoms with van der Waals surface area (Å²) in [6, 6.07) is 0. The van der Waals surface area contributed by atoms with E-state index in [-0.39, 0.29) is 0 Å². The minimum Gasteiger partial charge on any atom is -0.385 e. The highest BCUT2D eigenvalue weighted by atomic mass is 32.2. The molecule has 0 aliphatic carbocycles. The van der Waals surface area contributed by atoms with Crippen LogP contribution in [0.5, 0.6) is 0 Å². The Labute approximate surface area is 93.8 Å². The lowest BCUT2D eigenvalue weighted by molar-refractivity contribution is 0.0823. The lowest BCUT2D eigenvalue weighted by Gasteiger charge is -2.13. The fourth-order valence-corrected chi connectivity index (χ4v) is 2.60. The SMILES string of the molecule is CC(C)SCc1ncc(C(C)(C)O)s1. The summed E-state index contributed by atoms with van der Waals surface area (Å²) in [6.07, 6.45) is 1.78. The summed E-state index contributed by atoms with van der Waals surface area (Å²) in [6.45, 7) is 7.93. The number of thiazole rings is 1. The molecule has 0 radical (unpaired) electrons. The Hall–Kier alpha value is -0.0600. The zero-order chi connectivity index (χ0) is 10.8. The van der Waals surface area contributed by atoms with Crippen LogP contribution in [0.15, 0.2) is 6.20 Å². The van der Waals surface area contributed by atoms with Gasteiger partial charge < -0.3 is 5.11 Å². The van der Waals surface area contributed by atoms with Crippen LogP contribution in [0.2, 0.25) is 0 Å². The predicted molar refractivity (Wildman–Crippen MR) is 63.8 cm³/mol. The fraction of sp³-hybridized carbons (Fsp3) is 0.700. The summed E-state index contributed by atoms with van der Waals surface area (Å²) in [4.78, 5) is 5.23. The molecule has 4 heteroatoms. The first kappa shape index (κ1) is 12.0. The van der Waals surface area contributed by atoms with Gasteiger partial charge >= 0.3 is 0 Å². The summed E-state index contributed by atoms with van der Waals surface area (Å²) in [5, 5.41) is 11.5. The number of aromatic nitrogens is 1. The third-order valence-electron chi connectivity index (χ3n) is 1.70. The van der Waals surface area contributed by atoms with Gasteiger partial charge in [0, 0.05) is 11.9 Å². The standard InChI is InChI=1S/C10H17NOS2/c1-7(2)13-6-9-11-5-8(14-9)10(3,4)12/h5,7,12H,6H2,1-4H3. The molecule has 1 rings (SSSR count). The third kappa shape index (κ3) is 3.59. The molecule has 2 nitrogen and oxygen atoms in total. The predicted octanol–water partition coefficient (Wildman–Crippen LogP) is 3.01. The van der Waals surface area contributed by atoms with Gasteiger partial charge in [-0.05, 0) is 19.1 Å². The Kier molecular flexibility index (Phi) is 3.98. The molecule has 1 aromatic rings. The molecule has 0 unspecified atom stereocenters. The van der Waals surface area contributed by atoms with E-state index in [0.717, 1.165) is 15.6 Å². The van der Waals surface area contributed by atoms with Crippen molar-refractivity contribution < 1.29 is 5.11 Å². The minimum atomic E-state index is -0.752. The van der Waals surface area contributed by atoms with Crippen molar-refractivity contribution in [2.45, 2.75) is 44.3 Å². The lowest BCUT2D eigenvalue weighted by atomic mass is 10.1. The van der Waals surface area contributed by atoms with E-state index in [2.05, 4.69) is 18.8 Å². The molecule has 14 heavy (non-hydrogen) atoms. The summed E-state index contributed by atoms with van der Waals surface area (Å²) in [5.74, 6) is 0.943. The Morgan fingerprint density at radius 1 is 1.57 bits per heavy atom. The highest BCUT2D eigenvalue weighted by molar-refractivity contribution is 7.99. The van der Waals surface area contributed by atoms with Crippen LogP contribution in [0.25, 0.3) is 0 Å². The number of aliphatic hydroxyl groups is 1. The van der Waals surface area contributed by atoms with Gasteiger partial charge in [0.1, 0.15) is 5.01 Å². The van der Waals surface area contributed by atoms with Crippen molar-refractivity contribution in [3.63, 3.8) is 0 Å². The molecule has 80 valence electrons. The van der Waals surface area contributed by atoms with Crippen LogP contribution in [-0.2, 0) is 11.4 Å². The Morgan fingerprint density at radius 2 is 2.21 bits per heavy atom. The van der Waals surface area contributed by atoms with Crippen LogP contribution < -0.4 is 0 Å². The molecule has 0 amide bonds. The number of rotatable bonds is 4. The Balaban J connectivity index is 2.60. The van der Waals surface area contributed by atoms with Gasteiger partial charge in [0.25, 0.3) is 0 Å². The molecule has 1 aromatic heterocycles. The fourth-order valence-electron chi connectivity index (χ4n) is 0.898. The summed E-state index contributed by atoms with van der Waals surface area (Å²) in [5.41, 5.74) is -0.752. The molecule has 0 bridgehead atoms. The first-order valence-electron chi connectivity index (χ1n) is 4.68. The van der Waals surface area contributed by atoms with Crippen LogP contribution >= 0.6 is 23.1 Å². The van der Waals surface area contributed by atoms with Crippen LogP contribution in [0.3, 0.4) is 0 Å². The van der Waals surface area contributed by atoms with E-state index in [1.165, 1.54) is 0 Å². The van der Waals surface area contributed by atoms with E-state index < -0.39 is 5.60 Å². The van der Waals surface area contributed by atoms with Gasteiger partial charge in [0.05, 0.1) is 10.5 Å². The summed E-state index contributed by atoms with van der Waals surface area (Å²) >= 11 is 3.47. The molecule has 1 heterocycles. The maximum absolute atomic E-state index is 9.74. The first-order valence-corrected chi connectivity index (χ1v) is 6.55.